The number of carbonyl (C=O) groups excluding carboxylic acids is 1. The number of esters is 1. The fraction of sp³-hybridized carbons (Fsp3) is 0.235. The van der Waals surface area contributed by atoms with Gasteiger partial charge in [0.25, 0.3) is 5.69 Å². The number of nitro benzene ring substituents is 1. The van der Waals surface area contributed by atoms with Crippen LogP contribution < -0.4 is 4.90 Å². The van der Waals surface area contributed by atoms with Gasteiger partial charge in [0.05, 0.1) is 29.3 Å². The average Bonchev–Trinajstić information content (AvgIpc) is 3.04. The third-order valence-electron chi connectivity index (χ3n) is 3.86. The number of nitro groups is 1. The van der Waals surface area contributed by atoms with E-state index in [9.17, 15) is 14.9 Å². The SMILES string of the molecule is CCOC(=O)c1cc([N+](=O)[O-])ccc1N(C)Cc1nnc2ccccn12. The van der Waals surface area contributed by atoms with Crippen LogP contribution in [0.3, 0.4) is 0 Å². The molecule has 0 unspecified atom stereocenters. The Morgan fingerprint density at radius 1 is 1.31 bits per heavy atom. The molecule has 9 heteroatoms. The second-order valence-electron chi connectivity index (χ2n) is 5.58. The van der Waals surface area contributed by atoms with Crippen molar-refractivity contribution >= 4 is 23.0 Å². The van der Waals surface area contributed by atoms with Crippen molar-refractivity contribution in [1.29, 1.82) is 0 Å². The van der Waals surface area contributed by atoms with Crippen LogP contribution >= 0.6 is 0 Å². The highest BCUT2D eigenvalue weighted by Gasteiger charge is 2.21. The van der Waals surface area contributed by atoms with E-state index in [0.29, 0.717) is 23.7 Å². The molecule has 3 rings (SSSR count). The van der Waals surface area contributed by atoms with E-state index >= 15 is 0 Å². The summed E-state index contributed by atoms with van der Waals surface area (Å²) >= 11 is 0. The number of hydrogen-bond acceptors (Lipinski definition) is 7. The molecule has 0 fully saturated rings. The van der Waals surface area contributed by atoms with Crippen LogP contribution in [-0.4, -0.2) is 39.1 Å². The Balaban J connectivity index is 1.96. The zero-order valence-electron chi connectivity index (χ0n) is 14.3. The van der Waals surface area contributed by atoms with E-state index < -0.39 is 10.9 Å². The summed E-state index contributed by atoms with van der Waals surface area (Å²) in [5.41, 5.74) is 1.20. The summed E-state index contributed by atoms with van der Waals surface area (Å²) in [6.45, 7) is 2.22. The summed E-state index contributed by atoms with van der Waals surface area (Å²) in [4.78, 5) is 24.5. The molecule has 0 spiro atoms. The molecule has 0 aliphatic carbocycles. The minimum absolute atomic E-state index is 0.136. The first-order valence-electron chi connectivity index (χ1n) is 7.96. The zero-order valence-corrected chi connectivity index (χ0v) is 14.3. The summed E-state index contributed by atoms with van der Waals surface area (Å²) in [5.74, 6) is 0.0698. The number of anilines is 1. The summed E-state index contributed by atoms with van der Waals surface area (Å²) in [7, 11) is 1.77. The van der Waals surface area contributed by atoms with Gasteiger partial charge in [-0.15, -0.1) is 10.2 Å². The highest BCUT2D eigenvalue weighted by Crippen LogP contribution is 2.26. The Labute approximate surface area is 149 Å². The first-order valence-corrected chi connectivity index (χ1v) is 7.96. The number of aromatic nitrogens is 3. The Hall–Kier alpha value is -3.49. The van der Waals surface area contributed by atoms with Gasteiger partial charge in [-0.2, -0.15) is 0 Å². The predicted molar refractivity (Wildman–Crippen MR) is 94.1 cm³/mol. The van der Waals surface area contributed by atoms with Crippen LogP contribution in [0.4, 0.5) is 11.4 Å². The Kier molecular flexibility index (Phi) is 4.78. The van der Waals surface area contributed by atoms with E-state index in [1.54, 1.807) is 18.9 Å². The smallest absolute Gasteiger partial charge is 0.340 e. The van der Waals surface area contributed by atoms with Crippen LogP contribution in [0.25, 0.3) is 5.65 Å². The number of nitrogens with zero attached hydrogens (tertiary/aromatic N) is 5. The van der Waals surface area contributed by atoms with Crippen LogP contribution in [0, 0.1) is 10.1 Å². The minimum Gasteiger partial charge on any atom is -0.462 e. The lowest BCUT2D eigenvalue weighted by Crippen LogP contribution is -2.21. The third kappa shape index (κ3) is 3.32. The summed E-state index contributed by atoms with van der Waals surface area (Å²) in [6, 6.07) is 9.70. The van der Waals surface area contributed by atoms with Crippen molar-refractivity contribution in [3.63, 3.8) is 0 Å². The van der Waals surface area contributed by atoms with E-state index in [-0.39, 0.29) is 17.9 Å². The number of benzene rings is 1. The highest BCUT2D eigenvalue weighted by atomic mass is 16.6. The average molecular weight is 355 g/mol. The van der Waals surface area contributed by atoms with E-state index in [1.165, 1.54) is 18.2 Å². The van der Waals surface area contributed by atoms with Gasteiger partial charge in [-0.25, -0.2) is 4.79 Å². The fourth-order valence-corrected chi connectivity index (χ4v) is 2.64. The van der Waals surface area contributed by atoms with Crippen molar-refractivity contribution in [3.8, 4) is 0 Å². The van der Waals surface area contributed by atoms with Gasteiger partial charge in [-0.3, -0.25) is 14.5 Å². The molecule has 0 bridgehead atoms. The maximum absolute atomic E-state index is 12.3. The van der Waals surface area contributed by atoms with Crippen molar-refractivity contribution in [3.05, 3.63) is 64.1 Å². The molecule has 0 saturated heterocycles. The Morgan fingerprint density at radius 3 is 2.85 bits per heavy atom. The largest absolute Gasteiger partial charge is 0.462 e. The van der Waals surface area contributed by atoms with Crippen molar-refractivity contribution < 1.29 is 14.5 Å². The molecule has 0 saturated carbocycles. The number of carbonyl (C=O) groups is 1. The number of pyridine rings is 1. The van der Waals surface area contributed by atoms with Gasteiger partial charge in [0.15, 0.2) is 11.5 Å². The van der Waals surface area contributed by atoms with E-state index in [1.807, 2.05) is 28.8 Å². The highest BCUT2D eigenvalue weighted by molar-refractivity contribution is 5.96. The number of fused-ring (bicyclic) bond motifs is 1. The van der Waals surface area contributed by atoms with Crippen molar-refractivity contribution in [2.75, 3.05) is 18.6 Å². The number of non-ortho nitro benzene ring substituents is 1. The van der Waals surface area contributed by atoms with Crippen LogP contribution in [0.1, 0.15) is 23.1 Å². The lowest BCUT2D eigenvalue weighted by atomic mass is 10.1. The van der Waals surface area contributed by atoms with Gasteiger partial charge in [-0.1, -0.05) is 6.07 Å². The first kappa shape index (κ1) is 17.3. The molecular formula is C17H17N5O4. The molecule has 9 nitrogen and oxygen atoms in total. The van der Waals surface area contributed by atoms with Crippen LogP contribution in [-0.2, 0) is 11.3 Å². The number of rotatable bonds is 6. The van der Waals surface area contributed by atoms with Gasteiger partial charge in [0, 0.05) is 25.4 Å². The lowest BCUT2D eigenvalue weighted by Gasteiger charge is -2.21. The van der Waals surface area contributed by atoms with Gasteiger partial charge < -0.3 is 9.64 Å². The molecule has 0 aliphatic rings. The first-order chi connectivity index (χ1) is 12.5. The fourth-order valence-electron chi connectivity index (χ4n) is 2.64. The van der Waals surface area contributed by atoms with Gasteiger partial charge >= 0.3 is 5.97 Å². The molecule has 2 aromatic heterocycles. The molecule has 0 radical (unpaired) electrons. The number of hydrogen-bond donors (Lipinski definition) is 0. The molecule has 0 amide bonds. The van der Waals surface area contributed by atoms with Crippen molar-refractivity contribution in [2.24, 2.45) is 0 Å². The molecule has 3 aromatic rings. The Morgan fingerprint density at radius 2 is 2.12 bits per heavy atom. The van der Waals surface area contributed by atoms with Crippen LogP contribution in [0.15, 0.2) is 42.6 Å². The summed E-state index contributed by atoms with van der Waals surface area (Å²) < 4.78 is 6.88. The quantitative estimate of drug-likeness (QED) is 0.380. The van der Waals surface area contributed by atoms with E-state index in [0.717, 1.165) is 0 Å². The molecule has 134 valence electrons. The van der Waals surface area contributed by atoms with Crippen molar-refractivity contribution in [2.45, 2.75) is 13.5 Å². The second kappa shape index (κ2) is 7.18. The summed E-state index contributed by atoms with van der Waals surface area (Å²) in [5, 5.41) is 19.3. The molecule has 0 aliphatic heterocycles. The van der Waals surface area contributed by atoms with Gasteiger partial charge in [0.1, 0.15) is 0 Å². The molecule has 2 heterocycles. The zero-order chi connectivity index (χ0) is 18.7. The van der Waals surface area contributed by atoms with Gasteiger partial charge in [0.2, 0.25) is 0 Å². The van der Waals surface area contributed by atoms with E-state index in [2.05, 4.69) is 10.2 Å². The maximum Gasteiger partial charge on any atom is 0.340 e. The third-order valence-corrected chi connectivity index (χ3v) is 3.86. The monoisotopic (exact) mass is 355 g/mol. The molecule has 1 aromatic carbocycles. The normalized spacial score (nSPS) is 10.7. The van der Waals surface area contributed by atoms with E-state index in [4.69, 9.17) is 4.74 Å². The van der Waals surface area contributed by atoms with Crippen LogP contribution in [0.5, 0.6) is 0 Å². The predicted octanol–water partition coefficient (Wildman–Crippen LogP) is 2.45. The number of ether oxygens (including phenoxy) is 1. The second-order valence-corrected chi connectivity index (χ2v) is 5.58. The van der Waals surface area contributed by atoms with Crippen molar-refractivity contribution in [1.82, 2.24) is 14.6 Å². The van der Waals surface area contributed by atoms with Crippen LogP contribution in [0.2, 0.25) is 0 Å². The molecule has 26 heavy (non-hydrogen) atoms. The van der Waals surface area contributed by atoms with Gasteiger partial charge in [-0.05, 0) is 25.1 Å². The summed E-state index contributed by atoms with van der Waals surface area (Å²) in [6.07, 6.45) is 1.85. The molecule has 0 atom stereocenters. The molecular weight excluding hydrogens is 338 g/mol. The minimum atomic E-state index is -0.607. The molecule has 0 N–H and O–H groups in total. The standard InChI is InChI=1S/C17H17N5O4/c1-3-26-17(23)13-10-12(22(24)25)7-8-14(13)20(2)11-16-19-18-15-6-4-5-9-21(15)16/h4-10H,3,11H2,1-2H3. The topological polar surface area (TPSA) is 103 Å². The lowest BCUT2D eigenvalue weighted by molar-refractivity contribution is -0.384. The maximum atomic E-state index is 12.3. The Bertz CT molecular complexity index is 969.